The second-order valence-corrected chi connectivity index (χ2v) is 6.19. The van der Waals surface area contributed by atoms with Crippen molar-refractivity contribution >= 4 is 6.03 Å². The van der Waals surface area contributed by atoms with Gasteiger partial charge in [-0.3, -0.25) is 0 Å². The summed E-state index contributed by atoms with van der Waals surface area (Å²) >= 11 is 0. The topological polar surface area (TPSA) is 72.8 Å². The number of aliphatic hydroxyl groups is 2. The molecular weight excluding hydrogens is 280 g/mol. The largest absolute Gasteiger partial charge is 0.396 e. The van der Waals surface area contributed by atoms with Crippen molar-refractivity contribution in [2.75, 3.05) is 26.2 Å². The number of aliphatic hydroxyl groups excluding tert-OH is 1. The number of carbonyl (C=O) groups excluding carboxylic acids is 1. The summed E-state index contributed by atoms with van der Waals surface area (Å²) in [6, 6.07) is 9.57. The lowest BCUT2D eigenvalue weighted by Crippen LogP contribution is -2.49. The Kier molecular flexibility index (Phi) is 5.80. The maximum Gasteiger partial charge on any atom is 0.317 e. The number of rotatable bonds is 5. The van der Waals surface area contributed by atoms with Crippen molar-refractivity contribution in [3.63, 3.8) is 0 Å². The van der Waals surface area contributed by atoms with Crippen molar-refractivity contribution in [2.45, 2.75) is 31.8 Å². The van der Waals surface area contributed by atoms with E-state index in [1.165, 1.54) is 0 Å². The highest BCUT2D eigenvalue weighted by Gasteiger charge is 2.35. The average molecular weight is 306 g/mol. The van der Waals surface area contributed by atoms with Gasteiger partial charge in [-0.25, -0.2) is 4.79 Å². The van der Waals surface area contributed by atoms with Gasteiger partial charge in [0.05, 0.1) is 5.60 Å². The van der Waals surface area contributed by atoms with E-state index in [4.69, 9.17) is 5.11 Å². The van der Waals surface area contributed by atoms with Crippen molar-refractivity contribution in [2.24, 2.45) is 5.92 Å². The Bertz CT molecular complexity index is 470. The summed E-state index contributed by atoms with van der Waals surface area (Å²) in [6.07, 6.45) is 1.87. The van der Waals surface area contributed by atoms with E-state index in [-0.39, 0.29) is 18.6 Å². The first kappa shape index (κ1) is 16.8. The van der Waals surface area contributed by atoms with Gasteiger partial charge in [0.25, 0.3) is 0 Å². The number of amides is 2. The molecule has 1 aliphatic heterocycles. The maximum atomic E-state index is 12.1. The minimum Gasteiger partial charge on any atom is -0.396 e. The van der Waals surface area contributed by atoms with Crippen LogP contribution >= 0.6 is 0 Å². The fourth-order valence-corrected chi connectivity index (χ4v) is 2.75. The number of piperidine rings is 1. The molecule has 5 heteroatoms. The first-order chi connectivity index (χ1) is 10.5. The quantitative estimate of drug-likeness (QED) is 0.775. The molecule has 1 fully saturated rings. The van der Waals surface area contributed by atoms with Gasteiger partial charge >= 0.3 is 6.03 Å². The van der Waals surface area contributed by atoms with Gasteiger partial charge in [-0.05, 0) is 30.7 Å². The third-order valence-electron chi connectivity index (χ3n) is 4.41. The summed E-state index contributed by atoms with van der Waals surface area (Å²) in [6.45, 7) is 3.76. The number of hydrogen-bond acceptors (Lipinski definition) is 3. The Morgan fingerprint density at radius 3 is 2.55 bits per heavy atom. The molecule has 0 bridgehead atoms. The molecule has 0 aliphatic carbocycles. The Morgan fingerprint density at radius 1 is 1.32 bits per heavy atom. The Hall–Kier alpha value is -1.59. The monoisotopic (exact) mass is 306 g/mol. The van der Waals surface area contributed by atoms with Crippen molar-refractivity contribution in [1.29, 1.82) is 0 Å². The number of likely N-dealkylation sites (tertiary alicyclic amines) is 1. The van der Waals surface area contributed by atoms with Crippen LogP contribution in [0, 0.1) is 5.92 Å². The van der Waals surface area contributed by atoms with Crippen LogP contribution in [0.15, 0.2) is 30.3 Å². The summed E-state index contributed by atoms with van der Waals surface area (Å²) in [5.41, 5.74) is 0.0931. The van der Waals surface area contributed by atoms with Gasteiger partial charge in [0.1, 0.15) is 0 Å². The molecule has 1 aliphatic rings. The van der Waals surface area contributed by atoms with Gasteiger partial charge < -0.3 is 20.4 Å². The van der Waals surface area contributed by atoms with E-state index < -0.39 is 5.60 Å². The van der Waals surface area contributed by atoms with Crippen LogP contribution in [-0.4, -0.2) is 47.4 Å². The Morgan fingerprint density at radius 2 is 1.95 bits per heavy atom. The standard InChI is InChI=1S/C17H26N2O3/c1-14(13-20)7-10-18-16(21)19-11-8-17(22,9-12-19)15-5-3-2-4-6-15/h2-6,14,20,22H,7-13H2,1H3,(H,18,21)/t14-/m1/s1. The summed E-state index contributed by atoms with van der Waals surface area (Å²) in [5.74, 6) is 0.199. The highest BCUT2D eigenvalue weighted by molar-refractivity contribution is 5.74. The van der Waals surface area contributed by atoms with E-state index in [1.807, 2.05) is 37.3 Å². The number of nitrogens with one attached hydrogen (secondary N) is 1. The molecule has 2 rings (SSSR count). The number of benzene rings is 1. The van der Waals surface area contributed by atoms with Crippen LogP contribution in [0.5, 0.6) is 0 Å². The SMILES string of the molecule is C[C@@H](CO)CCNC(=O)N1CCC(O)(c2ccccc2)CC1. The molecule has 1 aromatic rings. The highest BCUT2D eigenvalue weighted by atomic mass is 16.3. The number of urea groups is 1. The molecule has 5 nitrogen and oxygen atoms in total. The fraction of sp³-hybridized carbons (Fsp3) is 0.588. The molecule has 0 saturated carbocycles. The fourth-order valence-electron chi connectivity index (χ4n) is 2.75. The molecule has 1 saturated heterocycles. The van der Waals surface area contributed by atoms with E-state index in [0.717, 1.165) is 12.0 Å². The summed E-state index contributed by atoms with van der Waals surface area (Å²) in [4.78, 5) is 13.8. The molecule has 1 atom stereocenters. The third-order valence-corrected chi connectivity index (χ3v) is 4.41. The zero-order chi connectivity index (χ0) is 16.0. The molecule has 3 N–H and O–H groups in total. The molecule has 122 valence electrons. The molecule has 0 radical (unpaired) electrons. The van der Waals surface area contributed by atoms with E-state index >= 15 is 0 Å². The Labute approximate surface area is 131 Å². The summed E-state index contributed by atoms with van der Waals surface area (Å²) in [7, 11) is 0. The van der Waals surface area contributed by atoms with Crippen molar-refractivity contribution < 1.29 is 15.0 Å². The van der Waals surface area contributed by atoms with Gasteiger partial charge in [0.15, 0.2) is 0 Å². The lowest BCUT2D eigenvalue weighted by Gasteiger charge is -2.38. The van der Waals surface area contributed by atoms with Crippen LogP contribution in [0.1, 0.15) is 31.7 Å². The smallest absolute Gasteiger partial charge is 0.317 e. The first-order valence-corrected chi connectivity index (χ1v) is 7.97. The highest BCUT2D eigenvalue weighted by Crippen LogP contribution is 2.32. The van der Waals surface area contributed by atoms with Crippen LogP contribution in [0.3, 0.4) is 0 Å². The van der Waals surface area contributed by atoms with Gasteiger partial charge in [-0.15, -0.1) is 0 Å². The molecule has 0 unspecified atom stereocenters. The zero-order valence-corrected chi connectivity index (χ0v) is 13.2. The van der Waals surface area contributed by atoms with Crippen LogP contribution < -0.4 is 5.32 Å². The first-order valence-electron chi connectivity index (χ1n) is 7.97. The van der Waals surface area contributed by atoms with Crippen LogP contribution in [0.4, 0.5) is 4.79 Å². The molecule has 0 spiro atoms. The number of nitrogens with zero attached hydrogens (tertiary/aromatic N) is 1. The van der Waals surface area contributed by atoms with Gasteiger partial charge in [0, 0.05) is 26.2 Å². The van der Waals surface area contributed by atoms with E-state index in [2.05, 4.69) is 5.32 Å². The van der Waals surface area contributed by atoms with Gasteiger partial charge in [-0.2, -0.15) is 0 Å². The zero-order valence-electron chi connectivity index (χ0n) is 13.2. The molecule has 22 heavy (non-hydrogen) atoms. The van der Waals surface area contributed by atoms with Gasteiger partial charge in [0.2, 0.25) is 0 Å². The second kappa shape index (κ2) is 7.61. The van der Waals surface area contributed by atoms with E-state index in [9.17, 15) is 9.90 Å². The van der Waals surface area contributed by atoms with Crippen LogP contribution in [0.25, 0.3) is 0 Å². The molecular formula is C17H26N2O3. The normalized spacial score (nSPS) is 18.8. The third kappa shape index (κ3) is 4.21. The predicted octanol–water partition coefficient (Wildman–Crippen LogP) is 1.70. The summed E-state index contributed by atoms with van der Waals surface area (Å²) < 4.78 is 0. The lowest BCUT2D eigenvalue weighted by atomic mass is 9.84. The maximum absolute atomic E-state index is 12.1. The van der Waals surface area contributed by atoms with E-state index in [0.29, 0.717) is 32.5 Å². The van der Waals surface area contributed by atoms with Crippen molar-refractivity contribution in [3.05, 3.63) is 35.9 Å². The number of hydrogen-bond donors (Lipinski definition) is 3. The van der Waals surface area contributed by atoms with Crippen molar-refractivity contribution in [1.82, 2.24) is 10.2 Å². The molecule has 1 heterocycles. The van der Waals surface area contributed by atoms with E-state index in [1.54, 1.807) is 4.90 Å². The summed E-state index contributed by atoms with van der Waals surface area (Å²) in [5, 5.41) is 22.6. The predicted molar refractivity (Wildman–Crippen MR) is 85.4 cm³/mol. The minimum absolute atomic E-state index is 0.0831. The van der Waals surface area contributed by atoms with Crippen molar-refractivity contribution in [3.8, 4) is 0 Å². The molecule has 2 amide bonds. The molecule has 0 aromatic heterocycles. The number of carbonyl (C=O) groups is 1. The van der Waals surface area contributed by atoms with Crippen LogP contribution in [0.2, 0.25) is 0 Å². The van der Waals surface area contributed by atoms with Gasteiger partial charge in [-0.1, -0.05) is 37.3 Å². The minimum atomic E-state index is -0.830. The van der Waals surface area contributed by atoms with Crippen LogP contribution in [-0.2, 0) is 5.60 Å². The Balaban J connectivity index is 1.80. The second-order valence-electron chi connectivity index (χ2n) is 6.19. The lowest BCUT2D eigenvalue weighted by molar-refractivity contribution is -0.0168. The average Bonchev–Trinajstić information content (AvgIpc) is 2.56. The molecule has 1 aromatic carbocycles.